The number of esters is 1. The van der Waals surface area contributed by atoms with E-state index in [1.54, 1.807) is 13.0 Å². The van der Waals surface area contributed by atoms with Crippen LogP contribution < -0.4 is 5.32 Å². The lowest BCUT2D eigenvalue weighted by molar-refractivity contribution is -0.151. The van der Waals surface area contributed by atoms with E-state index in [-0.39, 0.29) is 19.1 Å². The standard InChI is InChI=1S/C13H17NO4S/c1-3-17-9-13(16)18-8-12(15)14-10-6-4-5-7-11(10)19-2/h4-7H,3,8-9H2,1-2H3,(H,14,15). The number of amides is 1. The molecule has 0 fully saturated rings. The smallest absolute Gasteiger partial charge is 0.332 e. The molecular formula is C13H17NO4S. The van der Waals surface area contributed by atoms with Gasteiger partial charge in [-0.05, 0) is 25.3 Å². The zero-order valence-corrected chi connectivity index (χ0v) is 11.8. The zero-order chi connectivity index (χ0) is 14.1. The topological polar surface area (TPSA) is 64.6 Å². The van der Waals surface area contributed by atoms with Gasteiger partial charge in [-0.25, -0.2) is 4.79 Å². The van der Waals surface area contributed by atoms with Crippen molar-refractivity contribution in [2.24, 2.45) is 0 Å². The summed E-state index contributed by atoms with van der Waals surface area (Å²) in [6.45, 7) is 1.77. The maximum Gasteiger partial charge on any atom is 0.332 e. The molecule has 0 aromatic heterocycles. The molecule has 0 bridgehead atoms. The van der Waals surface area contributed by atoms with Gasteiger partial charge in [0.15, 0.2) is 6.61 Å². The number of hydrogen-bond acceptors (Lipinski definition) is 5. The molecular weight excluding hydrogens is 266 g/mol. The average molecular weight is 283 g/mol. The van der Waals surface area contributed by atoms with Crippen LogP contribution in [0.3, 0.4) is 0 Å². The van der Waals surface area contributed by atoms with E-state index in [1.807, 2.05) is 24.5 Å². The highest BCUT2D eigenvalue weighted by atomic mass is 32.2. The highest BCUT2D eigenvalue weighted by molar-refractivity contribution is 7.98. The van der Waals surface area contributed by atoms with E-state index in [9.17, 15) is 9.59 Å². The average Bonchev–Trinajstić information content (AvgIpc) is 2.43. The molecule has 0 unspecified atom stereocenters. The second-order valence-corrected chi connectivity index (χ2v) is 4.39. The second-order valence-electron chi connectivity index (χ2n) is 3.55. The fraction of sp³-hybridized carbons (Fsp3) is 0.385. The molecule has 0 radical (unpaired) electrons. The first-order valence-electron chi connectivity index (χ1n) is 5.83. The van der Waals surface area contributed by atoms with E-state index in [1.165, 1.54) is 11.8 Å². The summed E-state index contributed by atoms with van der Waals surface area (Å²) in [7, 11) is 0. The summed E-state index contributed by atoms with van der Waals surface area (Å²) in [6, 6.07) is 7.42. The number of carbonyl (C=O) groups is 2. The molecule has 6 heteroatoms. The second kappa shape index (κ2) is 8.55. The van der Waals surface area contributed by atoms with Gasteiger partial charge in [-0.1, -0.05) is 12.1 Å². The van der Waals surface area contributed by atoms with Crippen LogP contribution in [0.25, 0.3) is 0 Å². The van der Waals surface area contributed by atoms with E-state index in [0.29, 0.717) is 12.3 Å². The van der Waals surface area contributed by atoms with Gasteiger partial charge in [0.2, 0.25) is 0 Å². The van der Waals surface area contributed by atoms with Crippen molar-refractivity contribution < 1.29 is 19.1 Å². The van der Waals surface area contributed by atoms with Gasteiger partial charge in [0, 0.05) is 11.5 Å². The van der Waals surface area contributed by atoms with Crippen LogP contribution in [-0.4, -0.2) is 38.0 Å². The van der Waals surface area contributed by atoms with Gasteiger partial charge in [0.1, 0.15) is 6.61 Å². The Labute approximate surface area is 116 Å². The fourth-order valence-electron chi connectivity index (χ4n) is 1.31. The van der Waals surface area contributed by atoms with Crippen molar-refractivity contribution in [3.8, 4) is 0 Å². The van der Waals surface area contributed by atoms with Crippen LogP contribution >= 0.6 is 11.8 Å². The molecule has 19 heavy (non-hydrogen) atoms. The maximum atomic E-state index is 11.6. The largest absolute Gasteiger partial charge is 0.454 e. The normalized spacial score (nSPS) is 10.0. The molecule has 0 aliphatic heterocycles. The molecule has 0 aliphatic carbocycles. The molecule has 5 nitrogen and oxygen atoms in total. The van der Waals surface area contributed by atoms with Crippen LogP contribution in [0.4, 0.5) is 5.69 Å². The summed E-state index contributed by atoms with van der Waals surface area (Å²) in [5.74, 6) is -0.915. The van der Waals surface area contributed by atoms with Gasteiger partial charge in [-0.15, -0.1) is 11.8 Å². The van der Waals surface area contributed by atoms with Crippen molar-refractivity contribution in [3.05, 3.63) is 24.3 Å². The summed E-state index contributed by atoms with van der Waals surface area (Å²) in [6.07, 6.45) is 1.92. The first kappa shape index (κ1) is 15.5. The minimum Gasteiger partial charge on any atom is -0.454 e. The van der Waals surface area contributed by atoms with Gasteiger partial charge in [0.25, 0.3) is 5.91 Å². The Morgan fingerprint density at radius 3 is 2.68 bits per heavy atom. The molecule has 0 saturated carbocycles. The number of thioether (sulfide) groups is 1. The minimum absolute atomic E-state index is 0.134. The lowest BCUT2D eigenvalue weighted by Gasteiger charge is -2.09. The summed E-state index contributed by atoms with van der Waals surface area (Å²) < 4.78 is 9.64. The third-order valence-electron chi connectivity index (χ3n) is 2.17. The lowest BCUT2D eigenvalue weighted by Crippen LogP contribution is -2.23. The number of rotatable bonds is 7. The van der Waals surface area contributed by atoms with Crippen molar-refractivity contribution in [1.29, 1.82) is 0 Å². The quantitative estimate of drug-likeness (QED) is 0.612. The Morgan fingerprint density at radius 2 is 2.00 bits per heavy atom. The van der Waals surface area contributed by atoms with Gasteiger partial charge < -0.3 is 14.8 Å². The first-order valence-corrected chi connectivity index (χ1v) is 7.06. The van der Waals surface area contributed by atoms with Crippen LogP contribution in [-0.2, 0) is 19.1 Å². The third kappa shape index (κ3) is 5.76. The summed E-state index contributed by atoms with van der Waals surface area (Å²) in [4.78, 5) is 23.7. The summed E-state index contributed by atoms with van der Waals surface area (Å²) in [5, 5.41) is 2.70. The van der Waals surface area contributed by atoms with Crippen LogP contribution in [0.1, 0.15) is 6.92 Å². The molecule has 1 aromatic carbocycles. The van der Waals surface area contributed by atoms with Crippen molar-refractivity contribution in [2.75, 3.05) is 31.4 Å². The predicted molar refractivity (Wildman–Crippen MR) is 74.3 cm³/mol. The highest BCUT2D eigenvalue weighted by Crippen LogP contribution is 2.24. The Hall–Kier alpha value is -1.53. The minimum atomic E-state index is -0.546. The van der Waals surface area contributed by atoms with Gasteiger partial charge in [-0.3, -0.25) is 4.79 Å². The Balaban J connectivity index is 2.41. The van der Waals surface area contributed by atoms with Crippen LogP contribution in [0, 0.1) is 0 Å². The van der Waals surface area contributed by atoms with Crippen LogP contribution in [0.15, 0.2) is 29.2 Å². The predicted octanol–water partition coefficient (Wildman–Crippen LogP) is 1.93. The molecule has 0 atom stereocenters. The summed E-state index contributed by atoms with van der Waals surface area (Å²) >= 11 is 1.53. The SMILES string of the molecule is CCOCC(=O)OCC(=O)Nc1ccccc1SC. The Bertz CT molecular complexity index is 436. The van der Waals surface area contributed by atoms with Crippen molar-refractivity contribution in [1.82, 2.24) is 0 Å². The van der Waals surface area contributed by atoms with E-state index >= 15 is 0 Å². The third-order valence-corrected chi connectivity index (χ3v) is 2.97. The number of anilines is 1. The number of ether oxygens (including phenoxy) is 2. The Morgan fingerprint density at radius 1 is 1.26 bits per heavy atom. The van der Waals surface area contributed by atoms with E-state index in [0.717, 1.165) is 4.90 Å². The number of hydrogen-bond donors (Lipinski definition) is 1. The zero-order valence-electron chi connectivity index (χ0n) is 11.0. The molecule has 1 amide bonds. The maximum absolute atomic E-state index is 11.6. The van der Waals surface area contributed by atoms with E-state index in [4.69, 9.17) is 9.47 Å². The molecule has 0 spiro atoms. The molecule has 0 heterocycles. The molecule has 104 valence electrons. The monoisotopic (exact) mass is 283 g/mol. The van der Waals surface area contributed by atoms with Gasteiger partial charge >= 0.3 is 5.97 Å². The first-order chi connectivity index (χ1) is 9.17. The van der Waals surface area contributed by atoms with Crippen LogP contribution in [0.2, 0.25) is 0 Å². The molecule has 1 rings (SSSR count). The number of benzene rings is 1. The molecule has 1 N–H and O–H groups in total. The van der Waals surface area contributed by atoms with Gasteiger partial charge in [0.05, 0.1) is 5.69 Å². The highest BCUT2D eigenvalue weighted by Gasteiger charge is 2.09. The fourth-order valence-corrected chi connectivity index (χ4v) is 1.86. The van der Waals surface area contributed by atoms with Crippen molar-refractivity contribution in [3.63, 3.8) is 0 Å². The molecule has 0 saturated heterocycles. The molecule has 0 aliphatic rings. The van der Waals surface area contributed by atoms with E-state index < -0.39 is 5.97 Å². The van der Waals surface area contributed by atoms with E-state index in [2.05, 4.69) is 5.32 Å². The number of nitrogens with one attached hydrogen (secondary N) is 1. The lowest BCUT2D eigenvalue weighted by atomic mass is 10.3. The van der Waals surface area contributed by atoms with Crippen molar-refractivity contribution in [2.45, 2.75) is 11.8 Å². The number of para-hydroxylation sites is 1. The molecule has 1 aromatic rings. The Kier molecular flexibility index (Phi) is 6.99. The number of carbonyl (C=O) groups excluding carboxylic acids is 2. The summed E-state index contributed by atoms with van der Waals surface area (Å²) in [5.41, 5.74) is 0.709. The van der Waals surface area contributed by atoms with Crippen molar-refractivity contribution >= 4 is 29.3 Å². The van der Waals surface area contributed by atoms with Gasteiger partial charge in [-0.2, -0.15) is 0 Å². The van der Waals surface area contributed by atoms with Crippen LogP contribution in [0.5, 0.6) is 0 Å².